The summed E-state index contributed by atoms with van der Waals surface area (Å²) in [6.07, 6.45) is 0. The first-order valence-electron chi connectivity index (χ1n) is 17.4. The Morgan fingerprint density at radius 1 is 0.353 bits per heavy atom. The van der Waals surface area contributed by atoms with Crippen molar-refractivity contribution in [1.29, 1.82) is 0 Å². The highest BCUT2D eigenvalue weighted by Crippen LogP contribution is 2.45. The molecule has 3 heterocycles. The van der Waals surface area contributed by atoms with E-state index >= 15 is 0 Å². The predicted octanol–water partition coefficient (Wildman–Crippen LogP) is 13.1. The molecule has 0 aliphatic heterocycles. The van der Waals surface area contributed by atoms with Crippen LogP contribution in [0.1, 0.15) is 0 Å². The molecule has 0 bridgehead atoms. The number of fused-ring (bicyclic) bond motifs is 9. The molecule has 0 aliphatic carbocycles. The molecular formula is C48H30N2O. The van der Waals surface area contributed by atoms with Crippen molar-refractivity contribution in [3.8, 4) is 33.6 Å². The van der Waals surface area contributed by atoms with Crippen LogP contribution in [-0.4, -0.2) is 9.13 Å². The molecule has 0 spiro atoms. The van der Waals surface area contributed by atoms with Gasteiger partial charge in [0.2, 0.25) is 0 Å². The Hall–Kier alpha value is -6.84. The Morgan fingerprint density at radius 2 is 0.961 bits per heavy atom. The molecule has 238 valence electrons. The lowest BCUT2D eigenvalue weighted by molar-refractivity contribution is 0.669. The molecule has 11 aromatic rings. The average Bonchev–Trinajstić information content (AvgIpc) is 3.86. The maximum absolute atomic E-state index is 6.21. The molecule has 0 radical (unpaired) electrons. The fraction of sp³-hybridized carbons (Fsp3) is 0. The van der Waals surface area contributed by atoms with Gasteiger partial charge in [-0.3, -0.25) is 0 Å². The van der Waals surface area contributed by atoms with E-state index in [0.717, 1.165) is 38.9 Å². The molecule has 0 unspecified atom stereocenters. The lowest BCUT2D eigenvalue weighted by Gasteiger charge is -2.16. The summed E-state index contributed by atoms with van der Waals surface area (Å²) in [5.41, 5.74) is 13.6. The SMILES string of the molecule is c1ccc(-n2c3ccccc3c3c(-c4cccc5c6ccccc6n(-c6ccccc6-c6ccc7oc8ccccc8c7c6)c45)cccc32)cc1. The van der Waals surface area contributed by atoms with E-state index in [9.17, 15) is 0 Å². The smallest absolute Gasteiger partial charge is 0.135 e. The van der Waals surface area contributed by atoms with Crippen molar-refractivity contribution in [1.82, 2.24) is 9.13 Å². The van der Waals surface area contributed by atoms with Gasteiger partial charge in [0.1, 0.15) is 11.2 Å². The van der Waals surface area contributed by atoms with Gasteiger partial charge in [-0.1, -0.05) is 127 Å². The minimum atomic E-state index is 0.902. The quantitative estimate of drug-likeness (QED) is 0.186. The highest BCUT2D eigenvalue weighted by atomic mass is 16.3. The number of furan rings is 1. The molecule has 0 N–H and O–H groups in total. The number of hydrogen-bond acceptors (Lipinski definition) is 1. The summed E-state index contributed by atoms with van der Waals surface area (Å²) in [7, 11) is 0. The van der Waals surface area contributed by atoms with E-state index in [1.165, 1.54) is 60.3 Å². The van der Waals surface area contributed by atoms with Crippen molar-refractivity contribution in [3.05, 3.63) is 182 Å². The summed E-state index contributed by atoms with van der Waals surface area (Å²) in [4.78, 5) is 0. The Morgan fingerprint density at radius 3 is 1.84 bits per heavy atom. The van der Waals surface area contributed by atoms with Crippen molar-refractivity contribution in [3.63, 3.8) is 0 Å². The lowest BCUT2D eigenvalue weighted by Crippen LogP contribution is -1.98. The zero-order valence-electron chi connectivity index (χ0n) is 27.6. The molecule has 3 aromatic heterocycles. The topological polar surface area (TPSA) is 23.0 Å². The van der Waals surface area contributed by atoms with Gasteiger partial charge in [0.15, 0.2) is 0 Å². The summed E-state index contributed by atoms with van der Waals surface area (Å²) < 4.78 is 11.1. The van der Waals surface area contributed by atoms with Crippen LogP contribution in [0.25, 0.3) is 99.2 Å². The summed E-state index contributed by atoms with van der Waals surface area (Å²) >= 11 is 0. The van der Waals surface area contributed by atoms with Gasteiger partial charge < -0.3 is 13.6 Å². The van der Waals surface area contributed by atoms with Crippen LogP contribution >= 0.6 is 0 Å². The Balaban J connectivity index is 1.23. The number of rotatable bonds is 4. The Labute approximate surface area is 293 Å². The van der Waals surface area contributed by atoms with Gasteiger partial charge in [-0.05, 0) is 65.7 Å². The van der Waals surface area contributed by atoms with Crippen LogP contribution in [0.4, 0.5) is 0 Å². The molecule has 0 saturated carbocycles. The highest BCUT2D eigenvalue weighted by Gasteiger charge is 2.22. The predicted molar refractivity (Wildman–Crippen MR) is 213 cm³/mol. The molecule has 0 saturated heterocycles. The first kappa shape index (κ1) is 28.0. The van der Waals surface area contributed by atoms with Crippen LogP contribution in [0.5, 0.6) is 0 Å². The average molecular weight is 651 g/mol. The van der Waals surface area contributed by atoms with Crippen LogP contribution in [0, 0.1) is 0 Å². The Bertz CT molecular complexity index is 3140. The van der Waals surface area contributed by atoms with E-state index in [2.05, 4.69) is 179 Å². The fourth-order valence-electron chi connectivity index (χ4n) is 8.39. The zero-order valence-corrected chi connectivity index (χ0v) is 27.6. The second kappa shape index (κ2) is 10.8. The molecule has 0 aliphatic rings. The van der Waals surface area contributed by atoms with E-state index in [4.69, 9.17) is 4.42 Å². The van der Waals surface area contributed by atoms with Gasteiger partial charge in [0, 0.05) is 49.1 Å². The molecular weight excluding hydrogens is 621 g/mol. The van der Waals surface area contributed by atoms with Crippen LogP contribution in [0.3, 0.4) is 0 Å². The minimum Gasteiger partial charge on any atom is -0.456 e. The lowest BCUT2D eigenvalue weighted by atomic mass is 9.96. The zero-order chi connectivity index (χ0) is 33.5. The van der Waals surface area contributed by atoms with Crippen molar-refractivity contribution in [2.75, 3.05) is 0 Å². The maximum atomic E-state index is 6.21. The standard InChI is InChI=1S/C48H30N2O/c1-2-14-32(15-3-1)49-43-25-10-6-19-39(43)47-36(20-13-26-44(47)49)38-22-12-21-37-34-17-5-9-24-42(34)50(48(37)38)41-23-8-4-16-33(41)31-28-29-46-40(30-31)35-18-7-11-27-45(35)51-46/h1-30H. The number of para-hydroxylation sites is 6. The van der Waals surface area contributed by atoms with E-state index in [-0.39, 0.29) is 0 Å². The van der Waals surface area contributed by atoms with Gasteiger partial charge in [-0.25, -0.2) is 0 Å². The molecule has 11 rings (SSSR count). The monoisotopic (exact) mass is 650 g/mol. The van der Waals surface area contributed by atoms with Gasteiger partial charge in [0.05, 0.1) is 27.8 Å². The fourth-order valence-corrected chi connectivity index (χ4v) is 8.39. The largest absolute Gasteiger partial charge is 0.456 e. The molecule has 0 amide bonds. The number of benzene rings is 8. The van der Waals surface area contributed by atoms with Crippen molar-refractivity contribution >= 4 is 65.6 Å². The van der Waals surface area contributed by atoms with Crippen LogP contribution < -0.4 is 0 Å². The third kappa shape index (κ3) is 4.06. The normalized spacial score (nSPS) is 11.9. The van der Waals surface area contributed by atoms with Crippen molar-refractivity contribution in [2.45, 2.75) is 0 Å². The maximum Gasteiger partial charge on any atom is 0.135 e. The van der Waals surface area contributed by atoms with Gasteiger partial charge in [0.25, 0.3) is 0 Å². The summed E-state index contributed by atoms with van der Waals surface area (Å²) in [5, 5.41) is 7.23. The third-order valence-electron chi connectivity index (χ3n) is 10.5. The number of hydrogen-bond donors (Lipinski definition) is 0. The molecule has 0 fully saturated rings. The van der Waals surface area contributed by atoms with Crippen molar-refractivity contribution < 1.29 is 4.42 Å². The van der Waals surface area contributed by atoms with Crippen molar-refractivity contribution in [2.24, 2.45) is 0 Å². The molecule has 51 heavy (non-hydrogen) atoms. The van der Waals surface area contributed by atoms with Gasteiger partial charge in [-0.2, -0.15) is 0 Å². The first-order chi connectivity index (χ1) is 25.3. The van der Waals surface area contributed by atoms with Crippen LogP contribution in [0.15, 0.2) is 186 Å². The summed E-state index contributed by atoms with van der Waals surface area (Å²) in [6.45, 7) is 0. The molecule has 3 nitrogen and oxygen atoms in total. The second-order valence-corrected chi connectivity index (χ2v) is 13.3. The third-order valence-corrected chi connectivity index (χ3v) is 10.5. The molecule has 0 atom stereocenters. The van der Waals surface area contributed by atoms with Crippen LogP contribution in [0.2, 0.25) is 0 Å². The number of nitrogens with zero attached hydrogens (tertiary/aromatic N) is 2. The van der Waals surface area contributed by atoms with E-state index < -0.39 is 0 Å². The van der Waals surface area contributed by atoms with Gasteiger partial charge >= 0.3 is 0 Å². The summed E-state index contributed by atoms with van der Waals surface area (Å²) in [5.74, 6) is 0. The second-order valence-electron chi connectivity index (χ2n) is 13.3. The van der Waals surface area contributed by atoms with E-state index in [0.29, 0.717) is 0 Å². The summed E-state index contributed by atoms with van der Waals surface area (Å²) in [6, 6.07) is 65.5. The highest BCUT2D eigenvalue weighted by molar-refractivity contribution is 6.21. The number of aromatic nitrogens is 2. The first-order valence-corrected chi connectivity index (χ1v) is 17.4. The van der Waals surface area contributed by atoms with Crippen LogP contribution in [-0.2, 0) is 0 Å². The Kier molecular flexibility index (Phi) is 5.96. The minimum absolute atomic E-state index is 0.902. The molecule has 8 aromatic carbocycles. The van der Waals surface area contributed by atoms with E-state index in [1.54, 1.807) is 0 Å². The molecule has 3 heteroatoms. The van der Waals surface area contributed by atoms with Gasteiger partial charge in [-0.15, -0.1) is 0 Å². The van der Waals surface area contributed by atoms with E-state index in [1.807, 2.05) is 12.1 Å².